The fourth-order valence-corrected chi connectivity index (χ4v) is 3.09. The maximum atomic E-state index is 11.5. The van der Waals surface area contributed by atoms with Gasteiger partial charge < -0.3 is 5.11 Å². The molecule has 0 saturated carbocycles. The number of benzene rings is 1. The van der Waals surface area contributed by atoms with Gasteiger partial charge in [-0.25, -0.2) is 0 Å². The number of carboxylic acid groups (broad SMARTS) is 1. The third-order valence-corrected chi connectivity index (χ3v) is 4.63. The van der Waals surface area contributed by atoms with Crippen LogP contribution in [-0.4, -0.2) is 29.1 Å². The van der Waals surface area contributed by atoms with E-state index in [0.29, 0.717) is 13.0 Å². The Balaban J connectivity index is 2.05. The molecular weight excluding hydrogens is 306 g/mol. The van der Waals surface area contributed by atoms with Crippen molar-refractivity contribution in [3.8, 4) is 0 Å². The number of carboxylic acids is 1. The van der Waals surface area contributed by atoms with E-state index in [1.54, 1.807) is 0 Å². The van der Waals surface area contributed by atoms with E-state index >= 15 is 0 Å². The average molecular weight is 326 g/mol. The molecule has 0 spiro atoms. The van der Waals surface area contributed by atoms with Gasteiger partial charge in [-0.3, -0.25) is 9.69 Å². The number of carbonyl (C=O) groups is 1. The highest BCUT2D eigenvalue weighted by molar-refractivity contribution is 9.10. The third kappa shape index (κ3) is 3.37. The topological polar surface area (TPSA) is 40.5 Å². The Kier molecular flexibility index (Phi) is 4.63. The molecular formula is C15H20BrNO2. The van der Waals surface area contributed by atoms with Gasteiger partial charge in [0.05, 0.1) is 5.41 Å². The second-order valence-electron chi connectivity index (χ2n) is 5.38. The summed E-state index contributed by atoms with van der Waals surface area (Å²) in [6.45, 7) is 4.47. The zero-order valence-electron chi connectivity index (χ0n) is 11.2. The van der Waals surface area contributed by atoms with Crippen LogP contribution in [0.5, 0.6) is 0 Å². The van der Waals surface area contributed by atoms with Gasteiger partial charge >= 0.3 is 5.97 Å². The summed E-state index contributed by atoms with van der Waals surface area (Å²) in [4.78, 5) is 13.8. The molecule has 1 aliphatic heterocycles. The third-order valence-electron chi connectivity index (χ3n) is 4.11. The van der Waals surface area contributed by atoms with Crippen molar-refractivity contribution in [1.29, 1.82) is 0 Å². The highest BCUT2D eigenvalue weighted by atomic mass is 79.9. The second kappa shape index (κ2) is 6.06. The summed E-state index contributed by atoms with van der Waals surface area (Å²) in [6, 6.07) is 8.24. The fraction of sp³-hybridized carbons (Fsp3) is 0.533. The summed E-state index contributed by atoms with van der Waals surface area (Å²) in [5.41, 5.74) is 0.689. The van der Waals surface area contributed by atoms with Crippen molar-refractivity contribution in [3.63, 3.8) is 0 Å². The molecule has 0 radical (unpaired) electrons. The molecule has 1 heterocycles. The van der Waals surface area contributed by atoms with Crippen molar-refractivity contribution in [2.45, 2.75) is 32.7 Å². The quantitative estimate of drug-likeness (QED) is 0.920. The van der Waals surface area contributed by atoms with Crippen LogP contribution in [0.1, 0.15) is 31.7 Å². The molecule has 0 aliphatic carbocycles. The Morgan fingerprint density at radius 1 is 1.42 bits per heavy atom. The summed E-state index contributed by atoms with van der Waals surface area (Å²) in [5.74, 6) is -0.643. The first-order chi connectivity index (χ1) is 9.05. The molecule has 1 aliphatic rings. The van der Waals surface area contributed by atoms with E-state index < -0.39 is 11.4 Å². The number of halogens is 1. The molecule has 104 valence electrons. The van der Waals surface area contributed by atoms with E-state index in [1.165, 1.54) is 5.56 Å². The summed E-state index contributed by atoms with van der Waals surface area (Å²) < 4.78 is 1.07. The Labute approximate surface area is 122 Å². The van der Waals surface area contributed by atoms with E-state index in [9.17, 15) is 9.90 Å². The van der Waals surface area contributed by atoms with Crippen molar-refractivity contribution >= 4 is 21.9 Å². The second-order valence-corrected chi connectivity index (χ2v) is 6.30. The van der Waals surface area contributed by atoms with Gasteiger partial charge in [-0.1, -0.05) is 35.0 Å². The molecule has 1 fully saturated rings. The van der Waals surface area contributed by atoms with Crippen molar-refractivity contribution < 1.29 is 9.90 Å². The van der Waals surface area contributed by atoms with Crippen molar-refractivity contribution in [2.75, 3.05) is 13.1 Å². The zero-order valence-corrected chi connectivity index (χ0v) is 12.8. The number of piperidine rings is 1. The largest absolute Gasteiger partial charge is 0.481 e. The average Bonchev–Trinajstić information content (AvgIpc) is 2.41. The normalized spacial score (nSPS) is 24.3. The molecule has 19 heavy (non-hydrogen) atoms. The van der Waals surface area contributed by atoms with Crippen LogP contribution < -0.4 is 0 Å². The van der Waals surface area contributed by atoms with Gasteiger partial charge in [-0.15, -0.1) is 0 Å². The van der Waals surface area contributed by atoms with Crippen molar-refractivity contribution in [3.05, 3.63) is 34.3 Å². The fourth-order valence-electron chi connectivity index (χ4n) is 2.82. The standard InChI is InChI=1S/C15H20BrNO2/c1-2-15(14(18)19)8-3-9-17(11-15)10-12-4-6-13(16)7-5-12/h4-7H,2-3,8-11H2,1H3,(H,18,19). The minimum atomic E-state index is -0.643. The maximum absolute atomic E-state index is 11.5. The number of rotatable bonds is 4. The lowest BCUT2D eigenvalue weighted by Gasteiger charge is -2.39. The smallest absolute Gasteiger partial charge is 0.310 e. The van der Waals surface area contributed by atoms with Gasteiger partial charge in [0.2, 0.25) is 0 Å². The first kappa shape index (κ1) is 14.5. The van der Waals surface area contributed by atoms with Crippen LogP contribution in [0.3, 0.4) is 0 Å². The Morgan fingerprint density at radius 3 is 2.68 bits per heavy atom. The summed E-state index contributed by atoms with van der Waals surface area (Å²) >= 11 is 3.43. The van der Waals surface area contributed by atoms with Gasteiger partial charge in [-0.2, -0.15) is 0 Å². The van der Waals surface area contributed by atoms with Crippen LogP contribution in [0.25, 0.3) is 0 Å². The first-order valence-electron chi connectivity index (χ1n) is 6.76. The Hall–Kier alpha value is -0.870. The number of nitrogens with zero attached hydrogens (tertiary/aromatic N) is 1. The minimum Gasteiger partial charge on any atom is -0.481 e. The maximum Gasteiger partial charge on any atom is 0.310 e. The Bertz CT molecular complexity index is 446. The number of hydrogen-bond acceptors (Lipinski definition) is 2. The minimum absolute atomic E-state index is 0.548. The molecule has 1 N–H and O–H groups in total. The highest BCUT2D eigenvalue weighted by Gasteiger charge is 2.40. The van der Waals surface area contributed by atoms with Crippen LogP contribution in [0.2, 0.25) is 0 Å². The SMILES string of the molecule is CCC1(C(=O)O)CCCN(Cc2ccc(Br)cc2)C1. The zero-order chi connectivity index (χ0) is 13.9. The number of hydrogen-bond donors (Lipinski definition) is 1. The van der Waals surface area contributed by atoms with Crippen molar-refractivity contribution in [1.82, 2.24) is 4.90 Å². The lowest BCUT2D eigenvalue weighted by Crippen LogP contribution is -2.47. The number of likely N-dealkylation sites (tertiary alicyclic amines) is 1. The van der Waals surface area contributed by atoms with Gasteiger partial charge in [0.25, 0.3) is 0 Å². The highest BCUT2D eigenvalue weighted by Crippen LogP contribution is 2.34. The monoisotopic (exact) mass is 325 g/mol. The molecule has 1 unspecified atom stereocenters. The first-order valence-corrected chi connectivity index (χ1v) is 7.55. The Morgan fingerprint density at radius 2 is 2.11 bits per heavy atom. The van der Waals surface area contributed by atoms with Crippen LogP contribution in [0.15, 0.2) is 28.7 Å². The molecule has 3 nitrogen and oxygen atoms in total. The molecule has 0 amide bonds. The molecule has 1 atom stereocenters. The van der Waals surface area contributed by atoms with E-state index in [0.717, 1.165) is 30.4 Å². The summed E-state index contributed by atoms with van der Waals surface area (Å²) in [7, 11) is 0. The van der Waals surface area contributed by atoms with Gasteiger partial charge in [-0.05, 0) is 43.5 Å². The molecule has 1 saturated heterocycles. The van der Waals surface area contributed by atoms with E-state index in [1.807, 2.05) is 19.1 Å². The lowest BCUT2D eigenvalue weighted by atomic mass is 9.77. The molecule has 1 aromatic rings. The summed E-state index contributed by atoms with van der Waals surface area (Å²) in [5, 5.41) is 9.48. The summed E-state index contributed by atoms with van der Waals surface area (Å²) in [6.07, 6.45) is 2.48. The van der Waals surface area contributed by atoms with E-state index in [4.69, 9.17) is 0 Å². The predicted octanol–water partition coefficient (Wildman–Crippen LogP) is 3.53. The number of aliphatic carboxylic acids is 1. The van der Waals surface area contributed by atoms with Gasteiger partial charge in [0.1, 0.15) is 0 Å². The van der Waals surface area contributed by atoms with E-state index in [-0.39, 0.29) is 0 Å². The predicted molar refractivity (Wildman–Crippen MR) is 79.0 cm³/mol. The van der Waals surface area contributed by atoms with Crippen LogP contribution in [0, 0.1) is 5.41 Å². The molecule has 0 aromatic heterocycles. The lowest BCUT2D eigenvalue weighted by molar-refractivity contribution is -0.153. The molecule has 1 aromatic carbocycles. The van der Waals surface area contributed by atoms with Crippen LogP contribution >= 0.6 is 15.9 Å². The van der Waals surface area contributed by atoms with Crippen molar-refractivity contribution in [2.24, 2.45) is 5.41 Å². The van der Waals surface area contributed by atoms with E-state index in [2.05, 4.69) is 33.0 Å². The molecule has 2 rings (SSSR count). The van der Waals surface area contributed by atoms with Crippen LogP contribution in [0.4, 0.5) is 0 Å². The molecule has 4 heteroatoms. The van der Waals surface area contributed by atoms with Crippen LogP contribution in [-0.2, 0) is 11.3 Å². The van der Waals surface area contributed by atoms with Gasteiger partial charge in [0, 0.05) is 17.6 Å². The molecule has 0 bridgehead atoms. The van der Waals surface area contributed by atoms with Gasteiger partial charge in [0.15, 0.2) is 0 Å².